The van der Waals surface area contributed by atoms with Gasteiger partial charge in [0.2, 0.25) is 0 Å². The quantitative estimate of drug-likeness (QED) is 0.277. The summed E-state index contributed by atoms with van der Waals surface area (Å²) in [4.78, 5) is 22.9. The van der Waals surface area contributed by atoms with E-state index in [0.29, 0.717) is 28.4 Å². The molecule has 3 rings (SSSR count). The van der Waals surface area contributed by atoms with Crippen molar-refractivity contribution in [2.75, 3.05) is 7.11 Å². The lowest BCUT2D eigenvalue weighted by Crippen LogP contribution is -1.93. The molecule has 0 unspecified atom stereocenters. The van der Waals surface area contributed by atoms with Crippen LogP contribution in [0.4, 0.5) is 5.69 Å². The molecule has 0 fully saturated rings. The second-order valence-corrected chi connectivity index (χ2v) is 5.41. The van der Waals surface area contributed by atoms with Gasteiger partial charge in [0.15, 0.2) is 5.78 Å². The molecular weight excluding hydrogens is 334 g/mol. The molecule has 0 aliphatic carbocycles. The molecule has 0 aliphatic heterocycles. The minimum absolute atomic E-state index is 0.116. The predicted molar refractivity (Wildman–Crippen MR) is 97.2 cm³/mol. The highest BCUT2D eigenvalue weighted by atomic mass is 16.6. The molecule has 6 nitrogen and oxygen atoms in total. The first-order valence-electron chi connectivity index (χ1n) is 7.78. The van der Waals surface area contributed by atoms with Crippen molar-refractivity contribution in [3.63, 3.8) is 0 Å². The van der Waals surface area contributed by atoms with E-state index in [-0.39, 0.29) is 11.5 Å². The summed E-state index contributed by atoms with van der Waals surface area (Å²) in [6.45, 7) is 0. The highest BCUT2D eigenvalue weighted by Crippen LogP contribution is 2.34. The van der Waals surface area contributed by atoms with Gasteiger partial charge in [0, 0.05) is 5.56 Å². The number of furan rings is 1. The maximum absolute atomic E-state index is 12.1. The Bertz CT molecular complexity index is 973. The lowest BCUT2D eigenvalue weighted by atomic mass is 10.1. The van der Waals surface area contributed by atoms with Gasteiger partial charge in [-0.1, -0.05) is 30.3 Å². The number of benzene rings is 2. The Morgan fingerprint density at radius 2 is 1.88 bits per heavy atom. The second kappa shape index (κ2) is 7.48. The Morgan fingerprint density at radius 3 is 2.58 bits per heavy atom. The molecule has 2 aromatic carbocycles. The maximum Gasteiger partial charge on any atom is 0.284 e. The number of methoxy groups -OCH3 is 1. The van der Waals surface area contributed by atoms with Crippen LogP contribution in [-0.4, -0.2) is 17.8 Å². The van der Waals surface area contributed by atoms with Crippen molar-refractivity contribution < 1.29 is 18.9 Å². The van der Waals surface area contributed by atoms with Crippen molar-refractivity contribution >= 4 is 17.5 Å². The summed E-state index contributed by atoms with van der Waals surface area (Å²) in [6.07, 6.45) is 2.94. The first kappa shape index (κ1) is 17.2. The second-order valence-electron chi connectivity index (χ2n) is 5.41. The van der Waals surface area contributed by atoms with Crippen LogP contribution in [0.1, 0.15) is 16.1 Å². The molecule has 0 atom stereocenters. The number of ketones is 1. The highest BCUT2D eigenvalue weighted by Gasteiger charge is 2.19. The van der Waals surface area contributed by atoms with E-state index in [1.54, 1.807) is 48.5 Å². The van der Waals surface area contributed by atoms with Crippen molar-refractivity contribution in [2.45, 2.75) is 0 Å². The zero-order chi connectivity index (χ0) is 18.5. The molecule has 1 aromatic heterocycles. The monoisotopic (exact) mass is 349 g/mol. The number of carbonyl (C=O) groups excluding carboxylic acids is 1. The number of allylic oxidation sites excluding steroid dienone is 1. The van der Waals surface area contributed by atoms with Gasteiger partial charge in [-0.05, 0) is 36.4 Å². The molecule has 0 amide bonds. The summed E-state index contributed by atoms with van der Waals surface area (Å²) in [5, 5.41) is 11.3. The van der Waals surface area contributed by atoms with Crippen molar-refractivity contribution in [3.05, 3.63) is 88.2 Å². The number of nitro groups is 1. The van der Waals surface area contributed by atoms with Crippen molar-refractivity contribution in [1.82, 2.24) is 0 Å². The van der Waals surface area contributed by atoms with E-state index >= 15 is 0 Å². The number of ether oxygens (including phenoxy) is 1. The molecule has 0 saturated heterocycles. The summed E-state index contributed by atoms with van der Waals surface area (Å²) < 4.78 is 10.7. The van der Waals surface area contributed by atoms with Gasteiger partial charge < -0.3 is 9.15 Å². The van der Waals surface area contributed by atoms with Crippen LogP contribution in [-0.2, 0) is 0 Å². The number of nitrogens with zero attached hydrogens (tertiary/aromatic N) is 1. The summed E-state index contributed by atoms with van der Waals surface area (Å²) in [5.74, 6) is 1.00. The zero-order valence-electron chi connectivity index (χ0n) is 13.9. The molecule has 1 heterocycles. The van der Waals surface area contributed by atoms with Crippen LogP contribution >= 0.6 is 0 Å². The minimum atomic E-state index is -0.491. The van der Waals surface area contributed by atoms with Crippen LogP contribution in [0.15, 0.2) is 71.2 Å². The van der Waals surface area contributed by atoms with Crippen LogP contribution in [0.3, 0.4) is 0 Å². The topological polar surface area (TPSA) is 82.6 Å². The summed E-state index contributed by atoms with van der Waals surface area (Å²) in [5.41, 5.74) is 0.792. The Hall–Kier alpha value is -3.67. The lowest BCUT2D eigenvalue weighted by molar-refractivity contribution is -0.384. The van der Waals surface area contributed by atoms with Crippen molar-refractivity contribution in [1.29, 1.82) is 0 Å². The molecule has 0 saturated carbocycles. The van der Waals surface area contributed by atoms with Crippen molar-refractivity contribution in [2.24, 2.45) is 0 Å². The largest absolute Gasteiger partial charge is 0.497 e. The van der Waals surface area contributed by atoms with Crippen LogP contribution in [0, 0.1) is 10.1 Å². The third-order valence-electron chi connectivity index (χ3n) is 3.75. The molecule has 26 heavy (non-hydrogen) atoms. The first-order valence-corrected chi connectivity index (χ1v) is 7.78. The van der Waals surface area contributed by atoms with E-state index < -0.39 is 4.92 Å². The van der Waals surface area contributed by atoms with Crippen LogP contribution in [0.5, 0.6) is 5.75 Å². The molecule has 0 N–H and O–H groups in total. The number of hydrogen-bond acceptors (Lipinski definition) is 5. The van der Waals surface area contributed by atoms with Gasteiger partial charge in [-0.25, -0.2) is 0 Å². The molecular formula is C20H15NO5. The van der Waals surface area contributed by atoms with Gasteiger partial charge in [0.25, 0.3) is 5.69 Å². The number of nitro benzene ring substituents is 1. The first-order chi connectivity index (χ1) is 12.6. The van der Waals surface area contributed by atoms with Crippen molar-refractivity contribution in [3.8, 4) is 17.1 Å². The third kappa shape index (κ3) is 3.70. The van der Waals surface area contributed by atoms with Crippen LogP contribution < -0.4 is 4.74 Å². The molecule has 3 aromatic rings. The number of hydrogen-bond donors (Lipinski definition) is 0. The van der Waals surface area contributed by atoms with Gasteiger partial charge in [-0.3, -0.25) is 14.9 Å². The molecule has 0 spiro atoms. The van der Waals surface area contributed by atoms with E-state index in [9.17, 15) is 14.9 Å². The fraction of sp³-hybridized carbons (Fsp3) is 0.0500. The minimum Gasteiger partial charge on any atom is -0.497 e. The average Bonchev–Trinajstić information content (AvgIpc) is 3.15. The van der Waals surface area contributed by atoms with Gasteiger partial charge in [-0.15, -0.1) is 0 Å². The van der Waals surface area contributed by atoms with Crippen LogP contribution in [0.2, 0.25) is 0 Å². The van der Waals surface area contributed by atoms with Gasteiger partial charge in [0.05, 0.1) is 23.7 Å². The highest BCUT2D eigenvalue weighted by molar-refractivity contribution is 6.06. The lowest BCUT2D eigenvalue weighted by Gasteiger charge is -2.03. The Balaban J connectivity index is 1.85. The summed E-state index contributed by atoms with van der Waals surface area (Å²) in [7, 11) is 1.44. The summed E-state index contributed by atoms with van der Waals surface area (Å²) in [6, 6.07) is 16.7. The molecule has 0 radical (unpaired) electrons. The SMILES string of the molecule is COc1ccc(-c2ccc(/C=C/C(=O)c3ccccc3)o2)c([N+](=O)[O-])c1. The van der Waals surface area contributed by atoms with E-state index in [4.69, 9.17) is 9.15 Å². The third-order valence-corrected chi connectivity index (χ3v) is 3.75. The molecule has 0 aliphatic rings. The van der Waals surface area contributed by atoms with Gasteiger partial charge in [0.1, 0.15) is 17.3 Å². The Labute approximate surface area is 149 Å². The van der Waals surface area contributed by atoms with Crippen LogP contribution in [0.25, 0.3) is 17.4 Å². The maximum atomic E-state index is 12.1. The summed E-state index contributed by atoms with van der Waals surface area (Å²) >= 11 is 0. The van der Waals surface area contributed by atoms with E-state index in [1.165, 1.54) is 25.3 Å². The van der Waals surface area contributed by atoms with Gasteiger partial charge in [-0.2, -0.15) is 0 Å². The number of carbonyl (C=O) groups is 1. The molecule has 6 heteroatoms. The molecule has 130 valence electrons. The predicted octanol–water partition coefficient (Wildman–Crippen LogP) is 4.76. The Kier molecular flexibility index (Phi) is 4.94. The normalized spacial score (nSPS) is 10.8. The zero-order valence-corrected chi connectivity index (χ0v) is 13.9. The standard InChI is InChI=1S/C20H15NO5/c1-25-16-7-10-17(18(13-16)21(23)24)20-12-9-15(26-20)8-11-19(22)14-5-3-2-4-6-14/h2-13H,1H3/b11-8+. The van der Waals surface area contributed by atoms with E-state index in [0.717, 1.165) is 0 Å². The fourth-order valence-electron chi connectivity index (χ4n) is 2.44. The van der Waals surface area contributed by atoms with E-state index in [2.05, 4.69) is 0 Å². The van der Waals surface area contributed by atoms with E-state index in [1.807, 2.05) is 6.07 Å². The number of rotatable bonds is 6. The smallest absolute Gasteiger partial charge is 0.284 e. The molecule has 0 bridgehead atoms. The average molecular weight is 349 g/mol. The van der Waals surface area contributed by atoms with Gasteiger partial charge >= 0.3 is 0 Å². The fourth-order valence-corrected chi connectivity index (χ4v) is 2.44. The Morgan fingerprint density at radius 1 is 1.12 bits per heavy atom.